The van der Waals surface area contributed by atoms with Crippen molar-refractivity contribution in [3.63, 3.8) is 0 Å². The molecule has 2 aromatic heterocycles. The van der Waals surface area contributed by atoms with Crippen LogP contribution < -0.4 is 0 Å². The van der Waals surface area contributed by atoms with Gasteiger partial charge in [-0.3, -0.25) is 0 Å². The predicted molar refractivity (Wildman–Crippen MR) is 247 cm³/mol. The molecule has 0 bridgehead atoms. The molecule has 0 N–H and O–H groups in total. The average Bonchev–Trinajstić information content (AvgIpc) is 3.37. The Kier molecular flexibility index (Phi) is 10.2. The number of benzene rings is 8. The van der Waals surface area contributed by atoms with Gasteiger partial charge in [-0.25, -0.2) is 29.9 Å². The Balaban J connectivity index is 1.06. The number of hydrogen-bond donors (Lipinski definition) is 0. The highest BCUT2D eigenvalue weighted by Crippen LogP contribution is 2.40. The van der Waals surface area contributed by atoms with E-state index >= 15 is 0 Å². The van der Waals surface area contributed by atoms with E-state index in [1.807, 2.05) is 121 Å². The van der Waals surface area contributed by atoms with Crippen LogP contribution in [-0.2, 0) is 0 Å². The molecule has 0 radical (unpaired) electrons. The van der Waals surface area contributed by atoms with Crippen LogP contribution in [0.25, 0.3) is 102 Å². The fourth-order valence-corrected chi connectivity index (χ4v) is 7.65. The third-order valence-corrected chi connectivity index (χ3v) is 10.7. The topological polar surface area (TPSA) is 101 Å². The molecule has 8 aromatic carbocycles. The van der Waals surface area contributed by atoms with Crippen molar-refractivity contribution < 1.29 is 0 Å². The normalized spacial score (nSPS) is 10.9. The average molecular weight is 794 g/mol. The molecule has 10 aromatic rings. The van der Waals surface area contributed by atoms with Gasteiger partial charge < -0.3 is 0 Å². The van der Waals surface area contributed by atoms with Gasteiger partial charge in [0.25, 0.3) is 0 Å². The van der Waals surface area contributed by atoms with Crippen LogP contribution in [0.1, 0.15) is 5.56 Å². The van der Waals surface area contributed by atoms with Crippen LogP contribution in [0.15, 0.2) is 212 Å². The molecule has 7 nitrogen and oxygen atoms in total. The van der Waals surface area contributed by atoms with E-state index < -0.39 is 0 Å². The Labute approximate surface area is 359 Å². The molecule has 0 saturated carbocycles. The lowest BCUT2D eigenvalue weighted by Gasteiger charge is -2.16. The Morgan fingerprint density at radius 2 is 0.532 bits per heavy atom. The van der Waals surface area contributed by atoms with E-state index in [0.29, 0.717) is 46.1 Å². The third kappa shape index (κ3) is 7.63. The van der Waals surface area contributed by atoms with Crippen molar-refractivity contribution in [3.05, 3.63) is 218 Å². The fourth-order valence-electron chi connectivity index (χ4n) is 7.65. The molecule has 7 heteroatoms. The molecule has 10 rings (SSSR count). The highest BCUT2D eigenvalue weighted by atomic mass is 15.0. The minimum atomic E-state index is 0.442. The molecule has 0 unspecified atom stereocenters. The van der Waals surface area contributed by atoms with Crippen LogP contribution in [0.2, 0.25) is 0 Å². The molecule has 2 heterocycles. The predicted octanol–water partition coefficient (Wildman–Crippen LogP) is 12.9. The Morgan fingerprint density at radius 1 is 0.242 bits per heavy atom. The lowest BCUT2D eigenvalue weighted by atomic mass is 9.88. The Morgan fingerprint density at radius 3 is 0.935 bits per heavy atom. The van der Waals surface area contributed by atoms with Crippen molar-refractivity contribution in [1.82, 2.24) is 29.9 Å². The molecule has 0 amide bonds. The number of hydrogen-bond acceptors (Lipinski definition) is 7. The van der Waals surface area contributed by atoms with E-state index in [2.05, 4.69) is 91.0 Å². The molecular weight excluding hydrogens is 759 g/mol. The first-order chi connectivity index (χ1) is 30.7. The van der Waals surface area contributed by atoms with Gasteiger partial charge in [0.05, 0.1) is 11.6 Å². The van der Waals surface area contributed by atoms with Crippen LogP contribution in [0.4, 0.5) is 0 Å². The van der Waals surface area contributed by atoms with Crippen LogP contribution >= 0.6 is 0 Å². The molecule has 0 aliphatic rings. The van der Waals surface area contributed by atoms with Crippen molar-refractivity contribution >= 4 is 0 Å². The monoisotopic (exact) mass is 793 g/mol. The summed E-state index contributed by atoms with van der Waals surface area (Å²) >= 11 is 0. The number of nitrogens with zero attached hydrogens (tertiary/aromatic N) is 7. The Hall–Kier alpha value is -8.73. The molecule has 0 aliphatic carbocycles. The van der Waals surface area contributed by atoms with E-state index in [4.69, 9.17) is 29.9 Å². The van der Waals surface area contributed by atoms with Crippen molar-refractivity contribution in [2.45, 2.75) is 0 Å². The van der Waals surface area contributed by atoms with Gasteiger partial charge in [-0.05, 0) is 57.6 Å². The smallest absolute Gasteiger partial charge is 0.165 e. The van der Waals surface area contributed by atoms with Gasteiger partial charge in [-0.15, -0.1) is 0 Å². The Bertz CT molecular complexity index is 3200. The second-order valence-electron chi connectivity index (χ2n) is 14.6. The van der Waals surface area contributed by atoms with Crippen LogP contribution in [0.5, 0.6) is 0 Å². The van der Waals surface area contributed by atoms with Crippen molar-refractivity contribution in [1.29, 1.82) is 5.26 Å². The first-order valence-electron chi connectivity index (χ1n) is 20.3. The first-order valence-corrected chi connectivity index (χ1v) is 20.3. The van der Waals surface area contributed by atoms with Crippen LogP contribution in [0.3, 0.4) is 0 Å². The van der Waals surface area contributed by atoms with E-state index in [9.17, 15) is 5.26 Å². The zero-order chi connectivity index (χ0) is 41.7. The standard InChI is InChI=1S/C55H35N7/c56-36-44-24-10-11-31-47(44)55-61-52(39-22-8-3-9-23-39)60-54(62-55)43-28-17-26-41(35-43)46-30-13-15-33-49(46)48-32-14-12-29-45(48)40-25-16-27-42(34-40)53-58-50(37-18-4-1-5-19-37)57-51(59-53)38-20-6-2-7-21-38/h1-35H. The lowest BCUT2D eigenvalue weighted by Crippen LogP contribution is -2.01. The summed E-state index contributed by atoms with van der Waals surface area (Å²) in [6.07, 6.45) is 0. The van der Waals surface area contributed by atoms with Gasteiger partial charge in [0.2, 0.25) is 0 Å². The summed E-state index contributed by atoms with van der Waals surface area (Å²) in [6, 6.07) is 73.3. The van der Waals surface area contributed by atoms with Gasteiger partial charge in [-0.2, -0.15) is 5.26 Å². The summed E-state index contributed by atoms with van der Waals surface area (Å²) in [6.45, 7) is 0. The van der Waals surface area contributed by atoms with Crippen molar-refractivity contribution in [2.75, 3.05) is 0 Å². The zero-order valence-corrected chi connectivity index (χ0v) is 33.3. The molecule has 0 spiro atoms. The lowest BCUT2D eigenvalue weighted by molar-refractivity contribution is 1.07. The second kappa shape index (κ2) is 16.9. The summed E-state index contributed by atoms with van der Waals surface area (Å²) in [5, 5.41) is 9.96. The summed E-state index contributed by atoms with van der Waals surface area (Å²) in [5.74, 6) is 3.33. The molecule has 290 valence electrons. The van der Waals surface area contributed by atoms with Crippen LogP contribution in [-0.4, -0.2) is 29.9 Å². The molecule has 0 fully saturated rings. The fraction of sp³-hybridized carbons (Fsp3) is 0. The summed E-state index contributed by atoms with van der Waals surface area (Å²) in [7, 11) is 0. The summed E-state index contributed by atoms with van der Waals surface area (Å²) in [5.41, 5.74) is 11.9. The van der Waals surface area contributed by atoms with E-state index in [1.54, 1.807) is 6.07 Å². The van der Waals surface area contributed by atoms with Gasteiger partial charge in [0, 0.05) is 33.4 Å². The third-order valence-electron chi connectivity index (χ3n) is 10.7. The number of rotatable bonds is 9. The molecule has 62 heavy (non-hydrogen) atoms. The SMILES string of the molecule is N#Cc1ccccc1-c1nc(-c2ccccc2)nc(-c2cccc(-c3ccccc3-c3ccccc3-c3cccc(-c4nc(-c5ccccc5)nc(-c5ccccc5)n4)c3)c2)n1. The van der Waals surface area contributed by atoms with Gasteiger partial charge in [0.1, 0.15) is 0 Å². The quantitative estimate of drug-likeness (QED) is 0.143. The number of aromatic nitrogens is 6. The van der Waals surface area contributed by atoms with Crippen LogP contribution in [0, 0.1) is 11.3 Å². The van der Waals surface area contributed by atoms with E-state index in [-0.39, 0.29) is 0 Å². The van der Waals surface area contributed by atoms with Crippen molar-refractivity contribution in [3.8, 4) is 108 Å². The highest BCUT2D eigenvalue weighted by Gasteiger charge is 2.18. The highest BCUT2D eigenvalue weighted by molar-refractivity contribution is 5.93. The van der Waals surface area contributed by atoms with Crippen molar-refractivity contribution in [2.24, 2.45) is 0 Å². The zero-order valence-electron chi connectivity index (χ0n) is 33.3. The summed E-state index contributed by atoms with van der Waals surface area (Å²) < 4.78 is 0. The second-order valence-corrected chi connectivity index (χ2v) is 14.6. The molecular formula is C55H35N7. The molecule has 0 aliphatic heterocycles. The maximum Gasteiger partial charge on any atom is 0.165 e. The number of nitriles is 1. The van der Waals surface area contributed by atoms with E-state index in [0.717, 1.165) is 61.2 Å². The minimum Gasteiger partial charge on any atom is -0.208 e. The van der Waals surface area contributed by atoms with E-state index in [1.165, 1.54) is 0 Å². The summed E-state index contributed by atoms with van der Waals surface area (Å²) in [4.78, 5) is 29.7. The molecule has 0 saturated heterocycles. The van der Waals surface area contributed by atoms with Gasteiger partial charge in [0.15, 0.2) is 34.9 Å². The minimum absolute atomic E-state index is 0.442. The maximum atomic E-state index is 9.96. The largest absolute Gasteiger partial charge is 0.208 e. The first kappa shape index (κ1) is 37.5. The van der Waals surface area contributed by atoms with Gasteiger partial charge >= 0.3 is 0 Å². The maximum absolute atomic E-state index is 9.96. The molecule has 0 atom stereocenters. The van der Waals surface area contributed by atoms with Gasteiger partial charge in [-0.1, -0.05) is 188 Å².